The number of carbonyl (C=O) groups excluding carboxylic acids is 3. The van der Waals surface area contributed by atoms with Crippen LogP contribution in [-0.4, -0.2) is 33.9 Å². The summed E-state index contributed by atoms with van der Waals surface area (Å²) in [6, 6.07) is 7.64. The number of carbonyl (C=O) groups is 3. The number of anilines is 2. The van der Waals surface area contributed by atoms with Crippen LogP contribution >= 0.6 is 11.3 Å². The summed E-state index contributed by atoms with van der Waals surface area (Å²) < 4.78 is 6.40. The molecule has 0 unspecified atom stereocenters. The number of ketones is 1. The van der Waals surface area contributed by atoms with E-state index in [0.717, 1.165) is 21.3 Å². The zero-order chi connectivity index (χ0) is 22.0. The number of nitrogens with one attached hydrogen (secondary N) is 2. The summed E-state index contributed by atoms with van der Waals surface area (Å²) in [6.45, 7) is 3.26. The first-order chi connectivity index (χ1) is 14.9. The van der Waals surface area contributed by atoms with E-state index in [2.05, 4.69) is 20.6 Å². The molecule has 2 N–H and O–H groups in total. The van der Waals surface area contributed by atoms with E-state index in [-0.39, 0.29) is 17.8 Å². The molecular formula is C22H22N4O4S. The molecule has 0 saturated heterocycles. The predicted molar refractivity (Wildman–Crippen MR) is 119 cm³/mol. The number of amides is 2. The number of aryl methyl sites for hydroxylation is 1. The van der Waals surface area contributed by atoms with Crippen molar-refractivity contribution < 1.29 is 19.1 Å². The fourth-order valence-corrected chi connectivity index (χ4v) is 4.40. The first kappa shape index (κ1) is 20.9. The van der Waals surface area contributed by atoms with Gasteiger partial charge < -0.3 is 10.1 Å². The van der Waals surface area contributed by atoms with Gasteiger partial charge in [0, 0.05) is 31.5 Å². The van der Waals surface area contributed by atoms with E-state index in [1.807, 2.05) is 31.2 Å². The number of fused-ring (bicyclic) bond motifs is 1. The smallest absolute Gasteiger partial charge is 0.411 e. The van der Waals surface area contributed by atoms with Gasteiger partial charge >= 0.3 is 6.09 Å². The first-order valence-corrected chi connectivity index (χ1v) is 10.8. The molecule has 0 aliphatic heterocycles. The van der Waals surface area contributed by atoms with Gasteiger partial charge in [-0.3, -0.25) is 19.9 Å². The molecule has 8 nitrogen and oxygen atoms in total. The van der Waals surface area contributed by atoms with Crippen molar-refractivity contribution >= 4 is 50.2 Å². The van der Waals surface area contributed by atoms with E-state index in [4.69, 9.17) is 4.74 Å². The Bertz CT molecular complexity index is 1160. The number of rotatable bonds is 4. The number of hydrogen-bond acceptors (Lipinski definition) is 7. The molecule has 0 radical (unpaired) electrons. The highest BCUT2D eigenvalue weighted by Crippen LogP contribution is 2.31. The van der Waals surface area contributed by atoms with E-state index < -0.39 is 6.09 Å². The second-order valence-corrected chi connectivity index (χ2v) is 8.54. The molecule has 2 amide bonds. The molecular weight excluding hydrogens is 416 g/mol. The van der Waals surface area contributed by atoms with Gasteiger partial charge in [0.1, 0.15) is 11.9 Å². The maximum atomic E-state index is 12.3. The third-order valence-electron chi connectivity index (χ3n) is 5.09. The average Bonchev–Trinajstić information content (AvgIpc) is 3.12. The number of pyridine rings is 1. The molecule has 0 spiro atoms. The molecule has 3 aromatic rings. The summed E-state index contributed by atoms with van der Waals surface area (Å²) >= 11 is 1.39. The Hall–Kier alpha value is -3.33. The Morgan fingerprint density at radius 2 is 1.90 bits per heavy atom. The van der Waals surface area contributed by atoms with Gasteiger partial charge in [-0.15, -0.1) is 0 Å². The normalized spacial score (nSPS) is 14.5. The molecule has 1 aliphatic rings. The van der Waals surface area contributed by atoms with Gasteiger partial charge in [-0.1, -0.05) is 17.4 Å². The third-order valence-corrected chi connectivity index (χ3v) is 6.03. The number of thiazole rings is 1. The minimum absolute atomic E-state index is 0.163. The standard InChI is InChI=1S/C22H22N4O4S/c1-12-19(26-22(29)30-17-6-4-16(28)5-7-17)9-15(11-23-12)14-3-8-18-20(10-14)31-21(25-18)24-13(2)27/h3,8-11,17H,4-7H2,1-2H3,(H,26,29)(H,24,25,27). The fraction of sp³-hybridized carbons (Fsp3) is 0.318. The number of Topliss-reactive ketones (excluding diaryl/α,β-unsaturated/α-hetero) is 1. The Labute approximate surface area is 183 Å². The van der Waals surface area contributed by atoms with Crippen molar-refractivity contribution in [3.63, 3.8) is 0 Å². The third kappa shape index (κ3) is 5.05. The molecule has 4 rings (SSSR count). The van der Waals surface area contributed by atoms with Crippen molar-refractivity contribution in [2.75, 3.05) is 10.6 Å². The second-order valence-electron chi connectivity index (χ2n) is 7.51. The Kier molecular flexibility index (Phi) is 5.94. The zero-order valence-corrected chi connectivity index (χ0v) is 18.0. The van der Waals surface area contributed by atoms with E-state index in [0.29, 0.717) is 42.2 Å². The van der Waals surface area contributed by atoms with Gasteiger partial charge in [0.2, 0.25) is 5.91 Å². The molecule has 2 aromatic heterocycles. The zero-order valence-electron chi connectivity index (χ0n) is 17.2. The summed E-state index contributed by atoms with van der Waals surface area (Å²) in [5.74, 6) is 0.0551. The molecule has 2 heterocycles. The average molecular weight is 439 g/mol. The highest BCUT2D eigenvalue weighted by molar-refractivity contribution is 7.22. The van der Waals surface area contributed by atoms with Crippen molar-refractivity contribution in [3.05, 3.63) is 36.2 Å². The van der Waals surface area contributed by atoms with Crippen LogP contribution in [0.3, 0.4) is 0 Å². The van der Waals surface area contributed by atoms with Crippen LogP contribution in [0.15, 0.2) is 30.5 Å². The highest BCUT2D eigenvalue weighted by atomic mass is 32.1. The number of benzene rings is 1. The summed E-state index contributed by atoms with van der Waals surface area (Å²) in [4.78, 5) is 43.8. The first-order valence-electron chi connectivity index (χ1n) is 10.0. The number of hydrogen-bond donors (Lipinski definition) is 2. The topological polar surface area (TPSA) is 110 Å². The van der Waals surface area contributed by atoms with E-state index in [1.54, 1.807) is 6.20 Å². The number of nitrogens with zero attached hydrogens (tertiary/aromatic N) is 2. The quantitative estimate of drug-likeness (QED) is 0.612. The lowest BCUT2D eigenvalue weighted by Gasteiger charge is -2.21. The maximum absolute atomic E-state index is 12.3. The van der Waals surface area contributed by atoms with E-state index >= 15 is 0 Å². The lowest BCUT2D eigenvalue weighted by atomic mass is 9.97. The van der Waals surface area contributed by atoms with Crippen molar-refractivity contribution in [1.29, 1.82) is 0 Å². The van der Waals surface area contributed by atoms with Crippen molar-refractivity contribution in [1.82, 2.24) is 9.97 Å². The van der Waals surface area contributed by atoms with Gasteiger partial charge in [0.05, 0.1) is 21.6 Å². The minimum atomic E-state index is -0.542. The lowest BCUT2D eigenvalue weighted by molar-refractivity contribution is -0.122. The van der Waals surface area contributed by atoms with Crippen LogP contribution in [0.5, 0.6) is 0 Å². The Morgan fingerprint density at radius 1 is 1.13 bits per heavy atom. The Morgan fingerprint density at radius 3 is 2.65 bits per heavy atom. The van der Waals surface area contributed by atoms with Gasteiger partial charge in [0.15, 0.2) is 5.13 Å². The molecule has 160 valence electrons. The minimum Gasteiger partial charge on any atom is -0.446 e. The second kappa shape index (κ2) is 8.81. The molecule has 1 aliphatic carbocycles. The van der Waals surface area contributed by atoms with Crippen LogP contribution in [0.4, 0.5) is 15.6 Å². The van der Waals surface area contributed by atoms with E-state index in [9.17, 15) is 14.4 Å². The molecule has 9 heteroatoms. The monoisotopic (exact) mass is 438 g/mol. The molecule has 1 aromatic carbocycles. The SMILES string of the molecule is CC(=O)Nc1nc2ccc(-c3cnc(C)c(NC(=O)OC4CCC(=O)CC4)c3)cc2s1. The molecule has 1 saturated carbocycles. The van der Waals surface area contributed by atoms with Crippen LogP contribution in [-0.2, 0) is 14.3 Å². The van der Waals surface area contributed by atoms with Gasteiger partial charge in [-0.05, 0) is 43.5 Å². The van der Waals surface area contributed by atoms with Gasteiger partial charge in [-0.2, -0.15) is 0 Å². The summed E-state index contributed by atoms with van der Waals surface area (Å²) in [7, 11) is 0. The Balaban J connectivity index is 1.51. The van der Waals surface area contributed by atoms with Crippen LogP contribution in [0.2, 0.25) is 0 Å². The van der Waals surface area contributed by atoms with Crippen LogP contribution < -0.4 is 10.6 Å². The summed E-state index contributed by atoms with van der Waals surface area (Å²) in [6.07, 6.45) is 3.02. The van der Waals surface area contributed by atoms with Crippen molar-refractivity contribution in [3.8, 4) is 11.1 Å². The van der Waals surface area contributed by atoms with E-state index in [1.165, 1.54) is 18.3 Å². The highest BCUT2D eigenvalue weighted by Gasteiger charge is 2.22. The van der Waals surface area contributed by atoms with Crippen molar-refractivity contribution in [2.24, 2.45) is 0 Å². The van der Waals surface area contributed by atoms with Crippen LogP contribution in [0.25, 0.3) is 21.3 Å². The number of ether oxygens (including phenoxy) is 1. The van der Waals surface area contributed by atoms with Crippen LogP contribution in [0.1, 0.15) is 38.3 Å². The molecule has 1 fully saturated rings. The van der Waals surface area contributed by atoms with Crippen molar-refractivity contribution in [2.45, 2.75) is 45.6 Å². The molecule has 0 atom stereocenters. The van der Waals surface area contributed by atoms with Gasteiger partial charge in [0.25, 0.3) is 0 Å². The predicted octanol–water partition coefficient (Wildman–Crippen LogP) is 4.69. The summed E-state index contributed by atoms with van der Waals surface area (Å²) in [5.41, 5.74) is 3.79. The van der Waals surface area contributed by atoms with Gasteiger partial charge in [-0.25, -0.2) is 9.78 Å². The lowest BCUT2D eigenvalue weighted by Crippen LogP contribution is -2.27. The molecule has 0 bridgehead atoms. The number of aromatic nitrogens is 2. The fourth-order valence-electron chi connectivity index (χ4n) is 3.45. The molecule has 31 heavy (non-hydrogen) atoms. The largest absolute Gasteiger partial charge is 0.446 e. The van der Waals surface area contributed by atoms with Crippen LogP contribution in [0, 0.1) is 6.92 Å². The maximum Gasteiger partial charge on any atom is 0.411 e. The summed E-state index contributed by atoms with van der Waals surface area (Å²) in [5, 5.41) is 6.03.